The van der Waals surface area contributed by atoms with Crippen LogP contribution in [-0.4, -0.2) is 46.7 Å². The third kappa shape index (κ3) is 5.68. The molecule has 0 bridgehead atoms. The number of hydrogen-bond donors (Lipinski definition) is 2. The molecule has 0 radical (unpaired) electrons. The summed E-state index contributed by atoms with van der Waals surface area (Å²) >= 11 is 1.23. The van der Waals surface area contributed by atoms with Gasteiger partial charge in [0.05, 0.1) is 10.2 Å². The minimum atomic E-state index is -0.818. The fourth-order valence-corrected chi connectivity index (χ4v) is 3.18. The van der Waals surface area contributed by atoms with E-state index in [0.717, 1.165) is 4.70 Å². The maximum absolute atomic E-state index is 12.4. The molecule has 1 heterocycles. The predicted molar refractivity (Wildman–Crippen MR) is 97.1 cm³/mol. The first-order chi connectivity index (χ1) is 12.5. The lowest BCUT2D eigenvalue weighted by atomic mass is 10.2. The number of benzene rings is 1. The molecule has 3 N–H and O–H groups in total. The zero-order valence-electron chi connectivity index (χ0n) is 14.2. The lowest BCUT2D eigenvalue weighted by Gasteiger charge is -2.21. The number of fused-ring (bicyclic) bond motifs is 1. The van der Waals surface area contributed by atoms with Gasteiger partial charge in [-0.1, -0.05) is 6.42 Å². The van der Waals surface area contributed by atoms with Gasteiger partial charge in [-0.2, -0.15) is 5.26 Å². The average Bonchev–Trinajstić information content (AvgIpc) is 3.02. The molecule has 0 aliphatic carbocycles. The van der Waals surface area contributed by atoms with E-state index in [1.807, 2.05) is 6.07 Å². The van der Waals surface area contributed by atoms with Crippen LogP contribution in [0.5, 0.6) is 5.75 Å². The number of aliphatic carboxylic acids is 1. The number of amides is 1. The second kappa shape index (κ2) is 9.70. The maximum Gasteiger partial charge on any atom is 0.415 e. The molecule has 1 amide bonds. The summed E-state index contributed by atoms with van der Waals surface area (Å²) in [6.45, 7) is 1.12. The minimum Gasteiger partial charge on any atom is -0.481 e. The molecule has 2 aromatic rings. The smallest absolute Gasteiger partial charge is 0.415 e. The van der Waals surface area contributed by atoms with Crippen LogP contribution >= 0.6 is 11.3 Å². The Labute approximate surface area is 154 Å². The van der Waals surface area contributed by atoms with Crippen molar-refractivity contribution >= 4 is 33.6 Å². The van der Waals surface area contributed by atoms with Crippen molar-refractivity contribution in [2.24, 2.45) is 5.73 Å². The van der Waals surface area contributed by atoms with Crippen LogP contribution in [0.2, 0.25) is 0 Å². The molecular weight excluding hydrogens is 356 g/mol. The van der Waals surface area contributed by atoms with E-state index in [1.165, 1.54) is 16.2 Å². The highest BCUT2D eigenvalue weighted by molar-refractivity contribution is 7.19. The SMILES string of the molecule is N#Cc1nc2ccc(OC(=O)N(CCN)CCCCCC(=O)O)cc2s1. The monoisotopic (exact) mass is 376 g/mol. The molecule has 9 heteroatoms. The Bertz CT molecular complexity index is 815. The number of ether oxygens (including phenoxy) is 1. The largest absolute Gasteiger partial charge is 0.481 e. The number of nitrogens with two attached hydrogens (primary N) is 1. The molecule has 1 aromatic heterocycles. The number of carboxylic acid groups (broad SMARTS) is 1. The summed E-state index contributed by atoms with van der Waals surface area (Å²) in [4.78, 5) is 28.5. The molecule has 1 aromatic carbocycles. The summed E-state index contributed by atoms with van der Waals surface area (Å²) < 4.78 is 6.18. The van der Waals surface area contributed by atoms with Crippen LogP contribution in [-0.2, 0) is 4.79 Å². The number of rotatable bonds is 9. The minimum absolute atomic E-state index is 0.126. The van der Waals surface area contributed by atoms with Gasteiger partial charge in [-0.25, -0.2) is 9.78 Å². The first-order valence-electron chi connectivity index (χ1n) is 8.23. The summed E-state index contributed by atoms with van der Waals surface area (Å²) in [6.07, 6.45) is 1.59. The molecule has 0 spiro atoms. The number of thiazole rings is 1. The van der Waals surface area contributed by atoms with Crippen molar-refractivity contribution in [3.05, 3.63) is 23.2 Å². The Morgan fingerprint density at radius 1 is 1.31 bits per heavy atom. The summed E-state index contributed by atoms with van der Waals surface area (Å²) in [5.74, 6) is -0.440. The first kappa shape index (κ1) is 19.6. The summed E-state index contributed by atoms with van der Waals surface area (Å²) in [5, 5.41) is 17.9. The Kier molecular flexibility index (Phi) is 7.32. The molecule has 26 heavy (non-hydrogen) atoms. The average molecular weight is 376 g/mol. The van der Waals surface area contributed by atoms with Crippen LogP contribution < -0.4 is 10.5 Å². The first-order valence-corrected chi connectivity index (χ1v) is 9.04. The zero-order chi connectivity index (χ0) is 18.9. The Morgan fingerprint density at radius 3 is 2.81 bits per heavy atom. The van der Waals surface area contributed by atoms with Crippen molar-refractivity contribution in [1.82, 2.24) is 9.88 Å². The van der Waals surface area contributed by atoms with Gasteiger partial charge in [0.25, 0.3) is 0 Å². The molecule has 0 fully saturated rings. The quantitative estimate of drug-likeness (QED) is 0.643. The standard InChI is InChI=1S/C17H20N4O4S/c18-7-9-21(8-3-1-2-4-16(22)23)17(24)25-12-5-6-13-14(10-12)26-15(11-19)20-13/h5-6,10H,1-4,7-9,18H2,(H,22,23). The molecule has 138 valence electrons. The van der Waals surface area contributed by atoms with E-state index in [-0.39, 0.29) is 6.42 Å². The lowest BCUT2D eigenvalue weighted by molar-refractivity contribution is -0.137. The predicted octanol–water partition coefficient (Wildman–Crippen LogP) is 2.57. The van der Waals surface area contributed by atoms with Crippen LogP contribution in [0, 0.1) is 11.3 Å². The third-order valence-electron chi connectivity index (χ3n) is 3.64. The van der Waals surface area contributed by atoms with Gasteiger partial charge in [-0.3, -0.25) is 4.79 Å². The highest BCUT2D eigenvalue weighted by Gasteiger charge is 2.16. The molecule has 0 saturated carbocycles. The fourth-order valence-electron chi connectivity index (χ4n) is 2.39. The van der Waals surface area contributed by atoms with E-state index >= 15 is 0 Å². The molecule has 0 saturated heterocycles. The van der Waals surface area contributed by atoms with Crippen molar-refractivity contribution in [2.45, 2.75) is 25.7 Å². The van der Waals surface area contributed by atoms with Gasteiger partial charge >= 0.3 is 12.1 Å². The number of nitrogens with zero attached hydrogens (tertiary/aromatic N) is 3. The van der Waals surface area contributed by atoms with Gasteiger partial charge in [-0.15, -0.1) is 11.3 Å². The number of carboxylic acids is 1. The van der Waals surface area contributed by atoms with Gasteiger partial charge in [0.2, 0.25) is 0 Å². The third-order valence-corrected chi connectivity index (χ3v) is 4.56. The van der Waals surface area contributed by atoms with Crippen LogP contribution in [0.1, 0.15) is 30.7 Å². The maximum atomic E-state index is 12.4. The molecular formula is C17H20N4O4S. The number of carbonyl (C=O) groups excluding carboxylic acids is 1. The lowest BCUT2D eigenvalue weighted by Crippen LogP contribution is -2.38. The normalized spacial score (nSPS) is 10.5. The van der Waals surface area contributed by atoms with Gasteiger partial charge in [0.1, 0.15) is 11.8 Å². The molecule has 0 aliphatic rings. The fraction of sp³-hybridized carbons (Fsp3) is 0.412. The number of carbonyl (C=O) groups is 2. The number of nitriles is 1. The molecule has 0 atom stereocenters. The molecule has 8 nitrogen and oxygen atoms in total. The highest BCUT2D eigenvalue weighted by atomic mass is 32.1. The summed E-state index contributed by atoms with van der Waals surface area (Å²) in [7, 11) is 0. The van der Waals surface area contributed by atoms with Crippen molar-refractivity contribution < 1.29 is 19.4 Å². The molecule has 0 aliphatic heterocycles. The number of aromatic nitrogens is 1. The van der Waals surface area contributed by atoms with Gasteiger partial charge < -0.3 is 20.5 Å². The number of unbranched alkanes of at least 4 members (excludes halogenated alkanes) is 2. The van der Waals surface area contributed by atoms with Gasteiger partial charge in [0.15, 0.2) is 5.01 Å². The van der Waals surface area contributed by atoms with E-state index < -0.39 is 12.1 Å². The summed E-state index contributed by atoms with van der Waals surface area (Å²) in [6, 6.07) is 7.01. The van der Waals surface area contributed by atoms with Crippen LogP contribution in [0.3, 0.4) is 0 Å². The van der Waals surface area contributed by atoms with E-state index in [9.17, 15) is 9.59 Å². The van der Waals surface area contributed by atoms with Crippen LogP contribution in [0.25, 0.3) is 10.2 Å². The second-order valence-corrected chi connectivity index (χ2v) is 6.64. The van der Waals surface area contributed by atoms with Crippen molar-refractivity contribution in [3.8, 4) is 11.8 Å². The zero-order valence-corrected chi connectivity index (χ0v) is 15.0. The van der Waals surface area contributed by atoms with Gasteiger partial charge in [0, 0.05) is 32.1 Å². The molecule has 0 unspecified atom stereocenters. The Balaban J connectivity index is 1.93. The topological polar surface area (TPSA) is 130 Å². The van der Waals surface area contributed by atoms with Crippen LogP contribution in [0.15, 0.2) is 18.2 Å². The summed E-state index contributed by atoms with van der Waals surface area (Å²) in [5.41, 5.74) is 6.24. The highest BCUT2D eigenvalue weighted by Crippen LogP contribution is 2.26. The second-order valence-electron chi connectivity index (χ2n) is 5.61. The van der Waals surface area contributed by atoms with Crippen molar-refractivity contribution in [1.29, 1.82) is 5.26 Å². The van der Waals surface area contributed by atoms with Crippen LogP contribution in [0.4, 0.5) is 4.79 Å². The molecule has 2 rings (SSSR count). The van der Waals surface area contributed by atoms with E-state index in [1.54, 1.807) is 18.2 Å². The Morgan fingerprint density at radius 2 is 2.12 bits per heavy atom. The van der Waals surface area contributed by atoms with Crippen molar-refractivity contribution in [3.63, 3.8) is 0 Å². The van der Waals surface area contributed by atoms with E-state index in [4.69, 9.17) is 20.8 Å². The number of hydrogen-bond acceptors (Lipinski definition) is 7. The van der Waals surface area contributed by atoms with Crippen molar-refractivity contribution in [2.75, 3.05) is 19.6 Å². The van der Waals surface area contributed by atoms with E-state index in [0.29, 0.717) is 55.2 Å². The van der Waals surface area contributed by atoms with Gasteiger partial charge in [-0.05, 0) is 25.0 Å². The Hall–Kier alpha value is -2.70. The van der Waals surface area contributed by atoms with E-state index in [2.05, 4.69) is 4.98 Å².